The molecule has 2 aliphatic rings. The fourth-order valence-electron chi connectivity index (χ4n) is 2.73. The summed E-state index contributed by atoms with van der Waals surface area (Å²) in [7, 11) is -2.31. The summed E-state index contributed by atoms with van der Waals surface area (Å²) < 4.78 is 30.9. The summed E-state index contributed by atoms with van der Waals surface area (Å²) in [5, 5.41) is 0. The number of amides is 1. The monoisotopic (exact) mass is 340 g/mol. The molecule has 2 aromatic carbocycles. The number of carbonyl (C=O) groups excluding carboxylic acids is 1. The maximum absolute atomic E-state index is 12.5. The average molecular weight is 340 g/mol. The van der Waals surface area contributed by atoms with E-state index in [1.165, 1.54) is 6.07 Å². The Balaban J connectivity index is 1.81. The molecule has 0 fully saturated rings. The Kier molecular flexibility index (Phi) is 3.07. The van der Waals surface area contributed by atoms with E-state index in [0.717, 1.165) is 9.87 Å². The van der Waals surface area contributed by atoms with E-state index in [-0.39, 0.29) is 16.4 Å². The largest absolute Gasteiger partial charge is 0.497 e. The van der Waals surface area contributed by atoms with Crippen LogP contribution in [-0.4, -0.2) is 31.6 Å². The van der Waals surface area contributed by atoms with Crippen LogP contribution >= 0.6 is 0 Å². The van der Waals surface area contributed by atoms with Crippen molar-refractivity contribution in [3.63, 3.8) is 0 Å². The fourth-order valence-corrected chi connectivity index (χ4v) is 4.29. The van der Waals surface area contributed by atoms with Crippen LogP contribution in [0, 0.1) is 0 Å². The molecule has 0 saturated carbocycles. The minimum Gasteiger partial charge on any atom is -0.497 e. The van der Waals surface area contributed by atoms with Gasteiger partial charge in [-0.3, -0.25) is 4.79 Å². The van der Waals surface area contributed by atoms with Crippen molar-refractivity contribution in [3.8, 4) is 5.75 Å². The third-order valence-corrected chi connectivity index (χ3v) is 5.62. The van der Waals surface area contributed by atoms with Gasteiger partial charge in [-0.05, 0) is 35.9 Å². The quantitative estimate of drug-likeness (QED) is 0.784. The normalized spacial score (nSPS) is 19.2. The van der Waals surface area contributed by atoms with Gasteiger partial charge in [0.25, 0.3) is 15.9 Å². The molecule has 0 bridgehead atoms. The van der Waals surface area contributed by atoms with Crippen molar-refractivity contribution in [1.82, 2.24) is 4.31 Å². The lowest BCUT2D eigenvalue weighted by molar-refractivity contribution is -0.119. The van der Waals surface area contributed by atoms with Gasteiger partial charge in [0, 0.05) is 5.56 Å². The molecule has 6 nitrogen and oxygen atoms in total. The highest BCUT2D eigenvalue weighted by Gasteiger charge is 2.48. The van der Waals surface area contributed by atoms with Crippen LogP contribution in [0.25, 0.3) is 6.08 Å². The van der Waals surface area contributed by atoms with Gasteiger partial charge in [0.05, 0.1) is 12.0 Å². The van der Waals surface area contributed by atoms with Gasteiger partial charge in [-0.25, -0.2) is 13.4 Å². The van der Waals surface area contributed by atoms with Crippen LogP contribution in [0.1, 0.15) is 11.1 Å². The Hall–Kier alpha value is -2.93. The van der Waals surface area contributed by atoms with Crippen molar-refractivity contribution in [2.45, 2.75) is 4.90 Å². The van der Waals surface area contributed by atoms with Crippen LogP contribution in [0.5, 0.6) is 5.75 Å². The van der Waals surface area contributed by atoms with Crippen LogP contribution in [0.4, 0.5) is 0 Å². The zero-order valence-corrected chi connectivity index (χ0v) is 13.4. The van der Waals surface area contributed by atoms with Crippen molar-refractivity contribution in [3.05, 3.63) is 65.4 Å². The first-order valence-electron chi connectivity index (χ1n) is 7.16. The molecule has 2 aliphatic heterocycles. The Morgan fingerprint density at radius 3 is 2.50 bits per heavy atom. The number of aliphatic imine (C=N–C) groups is 1. The number of amidine groups is 1. The number of hydrogen-bond donors (Lipinski definition) is 0. The fraction of sp³-hybridized carbons (Fsp3) is 0.0588. The Morgan fingerprint density at radius 1 is 1.08 bits per heavy atom. The number of benzene rings is 2. The van der Waals surface area contributed by atoms with Crippen molar-refractivity contribution in [2.24, 2.45) is 4.99 Å². The Bertz CT molecular complexity index is 1020. The zero-order chi connectivity index (χ0) is 16.9. The molecule has 0 radical (unpaired) electrons. The Labute approximate surface area is 138 Å². The molecule has 7 heteroatoms. The molecule has 0 N–H and O–H groups in total. The number of carbonyl (C=O) groups is 1. The maximum atomic E-state index is 12.5. The van der Waals surface area contributed by atoms with E-state index in [1.54, 1.807) is 55.7 Å². The molecule has 0 atom stereocenters. The van der Waals surface area contributed by atoms with Gasteiger partial charge < -0.3 is 4.74 Å². The lowest BCUT2D eigenvalue weighted by atomic mass is 10.2. The van der Waals surface area contributed by atoms with Crippen LogP contribution in [-0.2, 0) is 14.8 Å². The third kappa shape index (κ3) is 1.98. The van der Waals surface area contributed by atoms with Crippen molar-refractivity contribution in [1.29, 1.82) is 0 Å². The molecule has 0 saturated heterocycles. The second-order valence-electron chi connectivity index (χ2n) is 5.31. The highest BCUT2D eigenvalue weighted by molar-refractivity contribution is 7.91. The molecule has 24 heavy (non-hydrogen) atoms. The summed E-state index contributed by atoms with van der Waals surface area (Å²) in [6.45, 7) is 0. The number of methoxy groups -OCH3 is 1. The molecule has 2 heterocycles. The molecule has 0 aromatic heterocycles. The molecule has 4 rings (SSSR count). The van der Waals surface area contributed by atoms with Crippen molar-refractivity contribution >= 4 is 27.8 Å². The molecule has 2 aromatic rings. The van der Waals surface area contributed by atoms with Crippen LogP contribution < -0.4 is 4.74 Å². The summed E-state index contributed by atoms with van der Waals surface area (Å²) in [6, 6.07) is 13.5. The van der Waals surface area contributed by atoms with Crippen molar-refractivity contribution < 1.29 is 17.9 Å². The van der Waals surface area contributed by atoms with Gasteiger partial charge in [-0.1, -0.05) is 24.3 Å². The first kappa shape index (κ1) is 14.6. The summed E-state index contributed by atoms with van der Waals surface area (Å²) in [6.07, 6.45) is 1.56. The number of rotatable bonds is 2. The second-order valence-corrected chi connectivity index (χ2v) is 7.06. The first-order valence-corrected chi connectivity index (χ1v) is 8.60. The molecule has 120 valence electrons. The number of hydrogen-bond acceptors (Lipinski definition) is 5. The van der Waals surface area contributed by atoms with Gasteiger partial charge in [-0.2, -0.15) is 4.31 Å². The van der Waals surface area contributed by atoms with Crippen LogP contribution in [0.2, 0.25) is 0 Å². The predicted octanol–water partition coefficient (Wildman–Crippen LogP) is 2.03. The van der Waals surface area contributed by atoms with Gasteiger partial charge in [-0.15, -0.1) is 0 Å². The van der Waals surface area contributed by atoms with E-state index in [9.17, 15) is 13.2 Å². The number of nitrogens with zero attached hydrogens (tertiary/aromatic N) is 2. The Morgan fingerprint density at radius 2 is 1.79 bits per heavy atom. The molecule has 0 aliphatic carbocycles. The highest BCUT2D eigenvalue weighted by atomic mass is 32.2. The molecule has 0 spiro atoms. The van der Waals surface area contributed by atoms with E-state index >= 15 is 0 Å². The predicted molar refractivity (Wildman–Crippen MR) is 88.0 cm³/mol. The van der Waals surface area contributed by atoms with Gasteiger partial charge in [0.15, 0.2) is 5.84 Å². The SMILES string of the molecule is COc1ccc(/C=C2/N=C3c4ccccc4S(=O)(=O)N3C2=O)cc1. The number of ether oxygens (including phenoxy) is 1. The summed E-state index contributed by atoms with van der Waals surface area (Å²) in [5.74, 6) is 0.214. The van der Waals surface area contributed by atoms with E-state index < -0.39 is 15.9 Å². The third-order valence-electron chi connectivity index (χ3n) is 3.89. The zero-order valence-electron chi connectivity index (χ0n) is 12.6. The summed E-state index contributed by atoms with van der Waals surface area (Å²) in [5.41, 5.74) is 1.27. The minimum absolute atomic E-state index is 0.0910. The van der Waals surface area contributed by atoms with E-state index in [0.29, 0.717) is 11.3 Å². The highest BCUT2D eigenvalue weighted by Crippen LogP contribution is 2.36. The smallest absolute Gasteiger partial charge is 0.292 e. The van der Waals surface area contributed by atoms with E-state index in [4.69, 9.17) is 4.74 Å². The average Bonchev–Trinajstić information content (AvgIpc) is 3.03. The van der Waals surface area contributed by atoms with Crippen LogP contribution in [0.3, 0.4) is 0 Å². The van der Waals surface area contributed by atoms with E-state index in [1.807, 2.05) is 0 Å². The number of fused-ring (bicyclic) bond motifs is 3. The summed E-state index contributed by atoms with van der Waals surface area (Å²) >= 11 is 0. The molecule has 1 amide bonds. The van der Waals surface area contributed by atoms with E-state index in [2.05, 4.69) is 4.99 Å². The molecular weight excluding hydrogens is 328 g/mol. The molecule has 0 unspecified atom stereocenters. The maximum Gasteiger partial charge on any atom is 0.292 e. The second kappa shape index (κ2) is 5.04. The standard InChI is InChI=1S/C17H12N2O4S/c1-23-12-8-6-11(7-9-12)10-14-17(20)19-16(18-14)13-4-2-3-5-15(13)24(19,21)22/h2-10H,1H3/b14-10+. The summed E-state index contributed by atoms with van der Waals surface area (Å²) in [4.78, 5) is 16.9. The molecular formula is C17H12N2O4S. The minimum atomic E-state index is -3.88. The topological polar surface area (TPSA) is 76.0 Å². The van der Waals surface area contributed by atoms with Gasteiger partial charge >= 0.3 is 0 Å². The lowest BCUT2D eigenvalue weighted by Crippen LogP contribution is -2.32. The van der Waals surface area contributed by atoms with Crippen LogP contribution in [0.15, 0.2) is 64.1 Å². The lowest BCUT2D eigenvalue weighted by Gasteiger charge is -2.08. The number of sulfonamides is 1. The van der Waals surface area contributed by atoms with Crippen molar-refractivity contribution in [2.75, 3.05) is 7.11 Å². The first-order chi connectivity index (χ1) is 11.5. The van der Waals surface area contributed by atoms with Gasteiger partial charge in [0.1, 0.15) is 11.4 Å². The van der Waals surface area contributed by atoms with Gasteiger partial charge in [0.2, 0.25) is 0 Å².